The minimum atomic E-state index is -1.71. The average Bonchev–Trinajstić information content (AvgIpc) is 3.08. The summed E-state index contributed by atoms with van der Waals surface area (Å²) in [5, 5.41) is 62.3. The van der Waals surface area contributed by atoms with Gasteiger partial charge in [-0.15, -0.1) is 0 Å². The van der Waals surface area contributed by atoms with E-state index in [0.29, 0.717) is 5.56 Å². The minimum Gasteiger partial charge on any atom is -0.508 e. The standard InChI is InChI=1S/C31H50N10O12/c1-14(25(47)41-24(16(3)44)30(52)53)36-26(48)19(5-4-10-35-31(33)34)37-27(49)20(11-17-6-8-18(45)9-7-17)38-28(50)21(13-42)39-29(51)23(15(2)43)40-22(46)12-32/h6-9,14-16,19-21,23-24,42-45H,4-5,10-13,32H2,1-3H3,(H,36,48)(H,37,49)(H,38,50)(H,39,51)(H,40,46)(H,41,47)(H,52,53)(H4,33,34,35)/t14-,15+,16+,19-,20-,21-,23-,24-/m0/s1. The molecule has 1 aromatic carbocycles. The third kappa shape index (κ3) is 16.1. The number of rotatable bonds is 22. The highest BCUT2D eigenvalue weighted by atomic mass is 16.4. The number of phenols is 1. The summed E-state index contributed by atoms with van der Waals surface area (Å²) >= 11 is 0. The zero-order valence-corrected chi connectivity index (χ0v) is 29.4. The van der Waals surface area contributed by atoms with Gasteiger partial charge < -0.3 is 74.6 Å². The molecular weight excluding hydrogens is 704 g/mol. The van der Waals surface area contributed by atoms with Gasteiger partial charge in [0.1, 0.15) is 36.0 Å². The van der Waals surface area contributed by atoms with Crippen molar-refractivity contribution in [1.82, 2.24) is 31.9 Å². The van der Waals surface area contributed by atoms with Crippen LogP contribution < -0.4 is 49.1 Å². The first-order valence-electron chi connectivity index (χ1n) is 16.4. The largest absolute Gasteiger partial charge is 0.508 e. The zero-order valence-electron chi connectivity index (χ0n) is 29.4. The molecule has 0 aliphatic rings. The van der Waals surface area contributed by atoms with E-state index in [1.165, 1.54) is 38.1 Å². The molecule has 1 aromatic rings. The van der Waals surface area contributed by atoms with E-state index >= 15 is 0 Å². The molecule has 1 rings (SSSR count). The number of carboxylic acids is 1. The topological polar surface area (TPSA) is 383 Å². The Morgan fingerprint density at radius 2 is 1.25 bits per heavy atom. The molecule has 22 nitrogen and oxygen atoms in total. The fourth-order valence-corrected chi connectivity index (χ4v) is 4.53. The van der Waals surface area contributed by atoms with Crippen LogP contribution in [0.3, 0.4) is 0 Å². The summed E-state index contributed by atoms with van der Waals surface area (Å²) in [6, 6.07) is -3.70. The number of amides is 6. The molecule has 0 aliphatic heterocycles. The Kier molecular flexibility index (Phi) is 19.2. The number of aliphatic hydroxyl groups is 3. The first-order chi connectivity index (χ1) is 24.8. The van der Waals surface area contributed by atoms with Crippen LogP contribution >= 0.6 is 0 Å². The number of hydrogen-bond donors (Lipinski definition) is 14. The second kappa shape index (κ2) is 22.4. The molecule has 17 N–H and O–H groups in total. The molecule has 296 valence electrons. The summed E-state index contributed by atoms with van der Waals surface area (Å²) in [7, 11) is 0. The Morgan fingerprint density at radius 3 is 1.75 bits per heavy atom. The first-order valence-corrected chi connectivity index (χ1v) is 16.4. The number of guanidine groups is 1. The van der Waals surface area contributed by atoms with Crippen LogP contribution in [0.1, 0.15) is 39.2 Å². The Bertz CT molecular complexity index is 1450. The van der Waals surface area contributed by atoms with E-state index in [4.69, 9.17) is 17.2 Å². The molecule has 0 saturated heterocycles. The summed E-state index contributed by atoms with van der Waals surface area (Å²) < 4.78 is 0. The number of hydrogen-bond acceptors (Lipinski definition) is 13. The summed E-state index contributed by atoms with van der Waals surface area (Å²) in [6.45, 7) is 2.08. The van der Waals surface area contributed by atoms with Crippen molar-refractivity contribution in [3.8, 4) is 5.75 Å². The Labute approximate surface area is 304 Å². The van der Waals surface area contributed by atoms with E-state index in [-0.39, 0.29) is 37.5 Å². The van der Waals surface area contributed by atoms with Crippen molar-refractivity contribution in [3.63, 3.8) is 0 Å². The van der Waals surface area contributed by atoms with Crippen molar-refractivity contribution in [1.29, 1.82) is 0 Å². The number of benzene rings is 1. The minimum absolute atomic E-state index is 0.0252. The Morgan fingerprint density at radius 1 is 0.717 bits per heavy atom. The highest BCUT2D eigenvalue weighted by Crippen LogP contribution is 2.12. The number of nitrogens with one attached hydrogen (secondary N) is 6. The van der Waals surface area contributed by atoms with E-state index in [1.807, 2.05) is 0 Å². The predicted molar refractivity (Wildman–Crippen MR) is 186 cm³/mol. The van der Waals surface area contributed by atoms with Gasteiger partial charge in [0.15, 0.2) is 12.0 Å². The molecule has 6 amide bonds. The maximum Gasteiger partial charge on any atom is 0.328 e. The number of aliphatic hydroxyl groups excluding tert-OH is 3. The lowest BCUT2D eigenvalue weighted by Gasteiger charge is -2.27. The number of carboxylic acid groups (broad SMARTS) is 1. The fraction of sp³-hybridized carbons (Fsp3) is 0.548. The predicted octanol–water partition coefficient (Wildman–Crippen LogP) is -6.29. The molecule has 8 atom stereocenters. The molecular formula is C31H50N10O12. The van der Waals surface area contributed by atoms with E-state index in [0.717, 1.165) is 6.92 Å². The normalized spacial score (nSPS) is 15.4. The van der Waals surface area contributed by atoms with Crippen LogP contribution in [0.5, 0.6) is 5.75 Å². The second-order valence-corrected chi connectivity index (χ2v) is 12.0. The summed E-state index contributed by atoms with van der Waals surface area (Å²) in [6.07, 6.45) is -3.15. The summed E-state index contributed by atoms with van der Waals surface area (Å²) in [4.78, 5) is 93.0. The number of nitrogens with zero attached hydrogens (tertiary/aromatic N) is 1. The van der Waals surface area contributed by atoms with E-state index in [1.54, 1.807) is 0 Å². The van der Waals surface area contributed by atoms with E-state index < -0.39 is 103 Å². The van der Waals surface area contributed by atoms with Crippen molar-refractivity contribution >= 4 is 47.4 Å². The molecule has 0 aliphatic carbocycles. The van der Waals surface area contributed by atoms with Crippen LogP contribution in [-0.4, -0.2) is 141 Å². The smallest absolute Gasteiger partial charge is 0.328 e. The van der Waals surface area contributed by atoms with Gasteiger partial charge in [0, 0.05) is 13.0 Å². The number of carbonyl (C=O) groups excluding carboxylic acids is 6. The SMILES string of the molecule is C[C@H](NC(=O)[C@H](CCCN=C(N)N)NC(=O)[C@H](Cc1ccc(O)cc1)NC(=O)[C@H](CO)NC(=O)[C@@H](NC(=O)CN)[C@@H](C)O)C(=O)N[C@H](C(=O)O)[C@@H](C)O. The van der Waals surface area contributed by atoms with Crippen LogP contribution in [0.2, 0.25) is 0 Å². The van der Waals surface area contributed by atoms with Gasteiger partial charge in [-0.25, -0.2) is 4.79 Å². The van der Waals surface area contributed by atoms with Crippen LogP contribution in [0.4, 0.5) is 0 Å². The van der Waals surface area contributed by atoms with Gasteiger partial charge in [-0.2, -0.15) is 0 Å². The number of carbonyl (C=O) groups is 7. The van der Waals surface area contributed by atoms with Gasteiger partial charge in [-0.1, -0.05) is 12.1 Å². The van der Waals surface area contributed by atoms with Crippen molar-refractivity contribution in [2.24, 2.45) is 22.2 Å². The molecule has 0 radical (unpaired) electrons. The molecule has 53 heavy (non-hydrogen) atoms. The van der Waals surface area contributed by atoms with Gasteiger partial charge in [0.2, 0.25) is 35.4 Å². The molecule has 0 saturated carbocycles. The lowest BCUT2D eigenvalue weighted by atomic mass is 10.0. The summed E-state index contributed by atoms with van der Waals surface area (Å²) in [5.41, 5.74) is 16.4. The van der Waals surface area contributed by atoms with E-state index in [9.17, 15) is 59.1 Å². The van der Waals surface area contributed by atoms with Crippen molar-refractivity contribution < 1.29 is 59.1 Å². The third-order valence-electron chi connectivity index (χ3n) is 7.47. The van der Waals surface area contributed by atoms with Crippen LogP contribution in [0.25, 0.3) is 0 Å². The Hall–Kier alpha value is -5.58. The number of phenolic OH excluding ortho intramolecular Hbond substituents is 1. The summed E-state index contributed by atoms with van der Waals surface area (Å²) in [5.74, 6) is -7.63. The molecule has 0 unspecified atom stereocenters. The molecule has 0 spiro atoms. The molecule has 0 aromatic heterocycles. The number of aromatic hydroxyl groups is 1. The second-order valence-electron chi connectivity index (χ2n) is 12.0. The molecule has 0 bridgehead atoms. The van der Waals surface area contributed by atoms with Crippen LogP contribution in [-0.2, 0) is 40.0 Å². The fourth-order valence-electron chi connectivity index (χ4n) is 4.53. The highest BCUT2D eigenvalue weighted by Gasteiger charge is 2.34. The van der Waals surface area contributed by atoms with Gasteiger partial charge in [0.05, 0.1) is 25.4 Å². The van der Waals surface area contributed by atoms with Crippen molar-refractivity contribution in [3.05, 3.63) is 29.8 Å². The lowest BCUT2D eigenvalue weighted by Crippen LogP contribution is -2.61. The van der Waals surface area contributed by atoms with Gasteiger partial charge in [-0.05, 0) is 51.3 Å². The lowest BCUT2D eigenvalue weighted by molar-refractivity contribution is -0.145. The molecule has 0 heterocycles. The van der Waals surface area contributed by atoms with Crippen LogP contribution in [0.15, 0.2) is 29.3 Å². The third-order valence-corrected chi connectivity index (χ3v) is 7.47. The number of aliphatic imine (C=N–C) groups is 1. The molecule has 0 fully saturated rings. The Balaban J connectivity index is 3.34. The van der Waals surface area contributed by atoms with Gasteiger partial charge >= 0.3 is 5.97 Å². The van der Waals surface area contributed by atoms with Gasteiger partial charge in [-0.3, -0.25) is 33.8 Å². The highest BCUT2D eigenvalue weighted by molar-refractivity contribution is 5.97. The van der Waals surface area contributed by atoms with Gasteiger partial charge in [0.25, 0.3) is 0 Å². The van der Waals surface area contributed by atoms with Crippen molar-refractivity contribution in [2.75, 3.05) is 19.7 Å². The van der Waals surface area contributed by atoms with E-state index in [2.05, 4.69) is 36.9 Å². The zero-order chi connectivity index (χ0) is 40.4. The maximum atomic E-state index is 13.8. The maximum absolute atomic E-state index is 13.8. The number of aliphatic carboxylic acids is 1. The average molecular weight is 755 g/mol. The van der Waals surface area contributed by atoms with Crippen molar-refractivity contribution in [2.45, 2.75) is 88.5 Å². The first kappa shape index (κ1) is 45.4. The van der Waals surface area contributed by atoms with Crippen LogP contribution in [0, 0.1) is 0 Å². The monoisotopic (exact) mass is 754 g/mol. The number of nitrogens with two attached hydrogens (primary N) is 3. The quantitative estimate of drug-likeness (QED) is 0.0297. The molecule has 22 heteroatoms.